The third-order valence-electron chi connectivity index (χ3n) is 6.59. The number of carbonyl (C=O) groups excluding carboxylic acids is 1. The van der Waals surface area contributed by atoms with Crippen molar-refractivity contribution in [3.63, 3.8) is 0 Å². The van der Waals surface area contributed by atoms with E-state index in [-0.39, 0.29) is 13.1 Å². The number of nitrogens with zero attached hydrogens (tertiary/aromatic N) is 3. The van der Waals surface area contributed by atoms with Gasteiger partial charge in [-0.3, -0.25) is 14.2 Å². The molecular weight excluding hydrogens is 520 g/mol. The van der Waals surface area contributed by atoms with E-state index in [2.05, 4.69) is 10.3 Å². The first-order valence-electron chi connectivity index (χ1n) is 11.9. The van der Waals surface area contributed by atoms with Crippen molar-refractivity contribution in [2.24, 2.45) is 0 Å². The highest BCUT2D eigenvalue weighted by molar-refractivity contribution is 5.97. The number of hydrogen-bond acceptors (Lipinski definition) is 6. The molecular formula is C27H22F4N4O4. The van der Waals surface area contributed by atoms with Gasteiger partial charge in [-0.1, -0.05) is 30.3 Å². The van der Waals surface area contributed by atoms with Crippen molar-refractivity contribution >= 4 is 22.8 Å². The summed E-state index contributed by atoms with van der Waals surface area (Å²) in [6, 6.07) is 9.83. The zero-order valence-corrected chi connectivity index (χ0v) is 20.4. The number of β-amino-alcohol motifs (C(OH)–C–C–N with tert-alkyl or cyclic N) is 2. The molecule has 12 heteroatoms. The summed E-state index contributed by atoms with van der Waals surface area (Å²) in [5.41, 5.74) is -2.08. The summed E-state index contributed by atoms with van der Waals surface area (Å²) in [5.74, 6) is -6.24. The summed E-state index contributed by atoms with van der Waals surface area (Å²) in [4.78, 5) is 31.9. The Morgan fingerprint density at radius 3 is 2.23 bits per heavy atom. The van der Waals surface area contributed by atoms with Crippen molar-refractivity contribution in [1.29, 1.82) is 0 Å². The number of pyridine rings is 2. The summed E-state index contributed by atoms with van der Waals surface area (Å²) in [6.07, 6.45) is -1.54. The number of aliphatic hydroxyl groups excluding tert-OH is 2. The molecule has 1 unspecified atom stereocenters. The molecule has 202 valence electrons. The van der Waals surface area contributed by atoms with Crippen molar-refractivity contribution in [2.45, 2.75) is 25.2 Å². The van der Waals surface area contributed by atoms with Gasteiger partial charge in [0.1, 0.15) is 17.1 Å². The van der Waals surface area contributed by atoms with Gasteiger partial charge in [-0.15, -0.1) is 0 Å². The Hall–Kier alpha value is -4.29. The van der Waals surface area contributed by atoms with Crippen LogP contribution in [0.3, 0.4) is 0 Å². The van der Waals surface area contributed by atoms with Gasteiger partial charge in [0.15, 0.2) is 28.9 Å². The van der Waals surface area contributed by atoms with Gasteiger partial charge >= 0.3 is 0 Å². The molecule has 1 aliphatic rings. The van der Waals surface area contributed by atoms with Crippen LogP contribution in [0.4, 0.5) is 23.4 Å². The molecule has 3 N–H and O–H groups in total. The number of aromatic nitrogens is 2. The molecule has 8 nitrogen and oxygen atoms in total. The first kappa shape index (κ1) is 26.3. The summed E-state index contributed by atoms with van der Waals surface area (Å²) < 4.78 is 59.5. The SMILES string of the molecule is CC(NC(=O)c1cn(-c2c(F)cc(F)cc2F)c2nc(N3C[C@@H](O)[C@H](O)C3)c(F)cc2c1=O)c1ccccc1. The Morgan fingerprint density at radius 2 is 1.62 bits per heavy atom. The number of anilines is 1. The van der Waals surface area contributed by atoms with E-state index in [1.165, 1.54) is 4.90 Å². The predicted octanol–water partition coefficient (Wildman–Crippen LogP) is 2.97. The molecule has 39 heavy (non-hydrogen) atoms. The fraction of sp³-hybridized carbons (Fsp3) is 0.222. The number of rotatable bonds is 5. The second-order valence-electron chi connectivity index (χ2n) is 9.27. The Kier molecular flexibility index (Phi) is 6.83. The van der Waals surface area contributed by atoms with E-state index < -0.39 is 81.0 Å². The monoisotopic (exact) mass is 542 g/mol. The molecule has 1 fully saturated rings. The van der Waals surface area contributed by atoms with E-state index in [0.29, 0.717) is 12.1 Å². The van der Waals surface area contributed by atoms with Gasteiger partial charge in [0.2, 0.25) is 5.43 Å². The Morgan fingerprint density at radius 1 is 1.00 bits per heavy atom. The average Bonchev–Trinajstić information content (AvgIpc) is 3.22. The number of benzene rings is 2. The summed E-state index contributed by atoms with van der Waals surface area (Å²) in [6.45, 7) is 1.27. The standard InChI is InChI=1S/C27H22F4N4O4/c1-13(14-5-3-2-4-6-14)32-27(39)17-10-35(23-18(29)7-15(28)8-19(23)30)25-16(24(17)38)9-20(31)26(33-25)34-11-21(36)22(37)12-34/h2-10,13,21-22,36-37H,11-12H2,1H3,(H,32,39)/t13?,21-,22-/m1/s1. The predicted molar refractivity (Wildman–Crippen MR) is 134 cm³/mol. The van der Waals surface area contributed by atoms with Gasteiger partial charge in [-0.05, 0) is 18.6 Å². The maximum Gasteiger partial charge on any atom is 0.257 e. The van der Waals surface area contributed by atoms with E-state index in [1.807, 2.05) is 0 Å². The number of carbonyl (C=O) groups is 1. The second kappa shape index (κ2) is 10.1. The van der Waals surface area contributed by atoms with Crippen LogP contribution in [-0.4, -0.2) is 51.0 Å². The van der Waals surface area contributed by atoms with E-state index >= 15 is 4.39 Å². The van der Waals surface area contributed by atoms with E-state index in [0.717, 1.165) is 22.4 Å². The fourth-order valence-electron chi connectivity index (χ4n) is 4.57. The quantitative estimate of drug-likeness (QED) is 0.335. The second-order valence-corrected chi connectivity index (χ2v) is 9.27. The lowest BCUT2D eigenvalue weighted by atomic mass is 10.1. The molecule has 5 rings (SSSR count). The maximum atomic E-state index is 15.2. The Labute approximate surface area is 218 Å². The van der Waals surface area contributed by atoms with Crippen LogP contribution in [-0.2, 0) is 0 Å². The molecule has 2 aromatic heterocycles. The first-order valence-corrected chi connectivity index (χ1v) is 11.9. The molecule has 0 saturated carbocycles. The summed E-state index contributed by atoms with van der Waals surface area (Å²) >= 11 is 0. The molecule has 0 bridgehead atoms. The molecule has 0 radical (unpaired) electrons. The van der Waals surface area contributed by atoms with Crippen LogP contribution in [0.1, 0.15) is 28.9 Å². The molecule has 1 aliphatic heterocycles. The summed E-state index contributed by atoms with van der Waals surface area (Å²) in [7, 11) is 0. The molecule has 4 aromatic rings. The number of fused-ring (bicyclic) bond motifs is 1. The van der Waals surface area contributed by atoms with Crippen molar-refractivity contribution in [3.05, 3.63) is 99.3 Å². The molecule has 1 saturated heterocycles. The van der Waals surface area contributed by atoms with Crippen molar-refractivity contribution in [1.82, 2.24) is 14.9 Å². The number of amides is 1. The van der Waals surface area contributed by atoms with Crippen LogP contribution in [0.25, 0.3) is 16.7 Å². The fourth-order valence-corrected chi connectivity index (χ4v) is 4.57. The van der Waals surface area contributed by atoms with E-state index in [4.69, 9.17) is 0 Å². The van der Waals surface area contributed by atoms with Crippen LogP contribution in [0, 0.1) is 23.3 Å². The number of halogens is 4. The van der Waals surface area contributed by atoms with Gasteiger partial charge in [-0.25, -0.2) is 22.5 Å². The summed E-state index contributed by atoms with van der Waals surface area (Å²) in [5, 5.41) is 21.9. The minimum atomic E-state index is -1.36. The lowest BCUT2D eigenvalue weighted by Gasteiger charge is -2.20. The van der Waals surface area contributed by atoms with Crippen molar-refractivity contribution < 1.29 is 32.6 Å². The lowest BCUT2D eigenvalue weighted by Crippen LogP contribution is -2.32. The number of nitrogens with one attached hydrogen (secondary N) is 1. The van der Waals surface area contributed by atoms with Gasteiger partial charge in [-0.2, -0.15) is 0 Å². The molecule has 3 atom stereocenters. The zero-order valence-electron chi connectivity index (χ0n) is 20.4. The molecule has 0 aliphatic carbocycles. The van der Waals surface area contributed by atoms with Crippen LogP contribution in [0.5, 0.6) is 0 Å². The zero-order chi connectivity index (χ0) is 28.0. The average molecular weight is 542 g/mol. The van der Waals surface area contributed by atoms with Crippen LogP contribution in [0.15, 0.2) is 59.5 Å². The lowest BCUT2D eigenvalue weighted by molar-refractivity contribution is 0.0572. The molecule has 0 spiro atoms. The number of aliphatic hydroxyl groups is 2. The Balaban J connectivity index is 1.71. The normalized spacial score (nSPS) is 18.0. The largest absolute Gasteiger partial charge is 0.389 e. The third-order valence-corrected chi connectivity index (χ3v) is 6.59. The highest BCUT2D eigenvalue weighted by atomic mass is 19.1. The van der Waals surface area contributed by atoms with E-state index in [9.17, 15) is 33.0 Å². The van der Waals surface area contributed by atoms with Crippen LogP contribution < -0.4 is 15.6 Å². The van der Waals surface area contributed by atoms with Gasteiger partial charge in [0.25, 0.3) is 5.91 Å². The van der Waals surface area contributed by atoms with Gasteiger partial charge in [0.05, 0.1) is 23.6 Å². The maximum absolute atomic E-state index is 15.2. The minimum absolute atomic E-state index is 0.196. The van der Waals surface area contributed by atoms with Crippen molar-refractivity contribution in [2.75, 3.05) is 18.0 Å². The van der Waals surface area contributed by atoms with Gasteiger partial charge in [0, 0.05) is 31.4 Å². The highest BCUT2D eigenvalue weighted by Gasteiger charge is 2.33. The molecule has 1 amide bonds. The minimum Gasteiger partial charge on any atom is -0.389 e. The molecule has 3 heterocycles. The highest BCUT2D eigenvalue weighted by Crippen LogP contribution is 2.28. The third kappa shape index (κ3) is 4.84. The van der Waals surface area contributed by atoms with Crippen LogP contribution >= 0.6 is 0 Å². The van der Waals surface area contributed by atoms with Gasteiger partial charge < -0.3 is 20.4 Å². The van der Waals surface area contributed by atoms with E-state index in [1.54, 1.807) is 37.3 Å². The first-order chi connectivity index (χ1) is 18.5. The van der Waals surface area contributed by atoms with Crippen LogP contribution in [0.2, 0.25) is 0 Å². The van der Waals surface area contributed by atoms with Crippen molar-refractivity contribution in [3.8, 4) is 5.69 Å². The molecule has 2 aromatic carbocycles. The number of hydrogen-bond donors (Lipinski definition) is 3. The Bertz CT molecular complexity index is 1610. The smallest absolute Gasteiger partial charge is 0.257 e. The topological polar surface area (TPSA) is 108 Å².